The highest BCUT2D eigenvalue weighted by atomic mass is 32.1. The van der Waals surface area contributed by atoms with Crippen LogP contribution in [-0.4, -0.2) is 30.0 Å². The number of benzene rings is 1. The predicted molar refractivity (Wildman–Crippen MR) is 118 cm³/mol. The molecular weight excluding hydrogens is 366 g/mol. The fourth-order valence-electron chi connectivity index (χ4n) is 4.95. The van der Waals surface area contributed by atoms with Gasteiger partial charge < -0.3 is 10.2 Å². The van der Waals surface area contributed by atoms with Crippen LogP contribution in [0.25, 0.3) is 10.2 Å². The van der Waals surface area contributed by atoms with Gasteiger partial charge in [0.25, 0.3) is 0 Å². The Labute approximate surface area is 172 Å². The van der Waals surface area contributed by atoms with Crippen molar-refractivity contribution in [3.8, 4) is 0 Å². The third-order valence-electron chi connectivity index (χ3n) is 6.92. The average molecular weight is 400 g/mol. The van der Waals surface area contributed by atoms with Gasteiger partial charge in [0.05, 0.1) is 16.1 Å². The molecule has 1 N–H and O–H groups in total. The monoisotopic (exact) mass is 399 g/mol. The summed E-state index contributed by atoms with van der Waals surface area (Å²) in [6.45, 7) is 10.7. The van der Waals surface area contributed by atoms with E-state index in [2.05, 4.69) is 50.0 Å². The summed E-state index contributed by atoms with van der Waals surface area (Å²) >= 11 is 1.77. The summed E-state index contributed by atoms with van der Waals surface area (Å²) in [5.74, 6) is 1.61. The highest BCUT2D eigenvalue weighted by Gasteiger charge is 2.32. The van der Waals surface area contributed by atoms with Crippen molar-refractivity contribution in [2.45, 2.75) is 65.8 Å². The zero-order valence-electron chi connectivity index (χ0n) is 17.6. The fourth-order valence-corrected chi connectivity index (χ4v) is 6.12. The Morgan fingerprint density at radius 2 is 2.00 bits per heavy atom. The molecule has 4 atom stereocenters. The summed E-state index contributed by atoms with van der Waals surface area (Å²) in [5.41, 5.74) is 3.64. The van der Waals surface area contributed by atoms with Crippen LogP contribution >= 0.6 is 11.3 Å². The molecule has 4 rings (SSSR count). The molecule has 2 heterocycles. The first-order chi connectivity index (χ1) is 13.4. The maximum absolute atomic E-state index is 13.0. The minimum Gasteiger partial charge on any atom is -0.353 e. The summed E-state index contributed by atoms with van der Waals surface area (Å²) in [6.07, 6.45) is 5.70. The normalized spacial score (nSPS) is 28.5. The van der Waals surface area contributed by atoms with E-state index in [-0.39, 0.29) is 11.8 Å². The number of amides is 1. The number of piperidine rings is 1. The van der Waals surface area contributed by atoms with Gasteiger partial charge in [-0.25, -0.2) is 4.98 Å². The number of anilines is 1. The highest BCUT2D eigenvalue weighted by Crippen LogP contribution is 2.34. The lowest BCUT2D eigenvalue weighted by Crippen LogP contribution is -2.49. The number of hydrogen-bond acceptors (Lipinski definition) is 4. The van der Waals surface area contributed by atoms with E-state index in [1.165, 1.54) is 28.7 Å². The van der Waals surface area contributed by atoms with E-state index in [9.17, 15) is 4.79 Å². The number of carbonyl (C=O) groups is 1. The number of rotatable bonds is 3. The average Bonchev–Trinajstić information content (AvgIpc) is 3.10. The Morgan fingerprint density at radius 3 is 2.82 bits per heavy atom. The van der Waals surface area contributed by atoms with Crippen molar-refractivity contribution in [3.05, 3.63) is 23.3 Å². The molecule has 5 heteroatoms. The Bertz CT molecular complexity index is 861. The van der Waals surface area contributed by atoms with Crippen molar-refractivity contribution in [2.75, 3.05) is 18.0 Å². The summed E-state index contributed by atoms with van der Waals surface area (Å²) in [6, 6.07) is 4.77. The van der Waals surface area contributed by atoms with Gasteiger partial charge in [0.15, 0.2) is 5.13 Å². The number of aromatic nitrogens is 1. The van der Waals surface area contributed by atoms with E-state index in [1.54, 1.807) is 11.3 Å². The van der Waals surface area contributed by atoms with Gasteiger partial charge in [-0.15, -0.1) is 0 Å². The molecule has 2 aromatic rings. The first kappa shape index (κ1) is 19.7. The summed E-state index contributed by atoms with van der Waals surface area (Å²) in [7, 11) is 0. The topological polar surface area (TPSA) is 45.2 Å². The van der Waals surface area contributed by atoms with Gasteiger partial charge >= 0.3 is 0 Å². The van der Waals surface area contributed by atoms with E-state index in [0.29, 0.717) is 17.9 Å². The van der Waals surface area contributed by atoms with Crippen molar-refractivity contribution in [1.29, 1.82) is 0 Å². The zero-order valence-corrected chi connectivity index (χ0v) is 18.4. The lowest BCUT2D eigenvalue weighted by atomic mass is 9.78. The molecule has 1 saturated heterocycles. The van der Waals surface area contributed by atoms with Gasteiger partial charge in [-0.2, -0.15) is 0 Å². The van der Waals surface area contributed by atoms with E-state index in [0.717, 1.165) is 43.0 Å². The van der Waals surface area contributed by atoms with Gasteiger partial charge in [-0.3, -0.25) is 4.79 Å². The van der Waals surface area contributed by atoms with Crippen molar-refractivity contribution in [1.82, 2.24) is 10.3 Å². The molecule has 2 fully saturated rings. The van der Waals surface area contributed by atoms with Crippen LogP contribution in [0.3, 0.4) is 0 Å². The van der Waals surface area contributed by atoms with E-state index < -0.39 is 0 Å². The smallest absolute Gasteiger partial charge is 0.225 e. The Hall–Kier alpha value is -1.62. The number of nitrogens with zero attached hydrogens (tertiary/aromatic N) is 2. The molecule has 2 aliphatic rings. The molecule has 0 bridgehead atoms. The van der Waals surface area contributed by atoms with E-state index in [4.69, 9.17) is 4.98 Å². The molecule has 28 heavy (non-hydrogen) atoms. The van der Waals surface area contributed by atoms with Gasteiger partial charge in [0, 0.05) is 19.1 Å². The SMILES string of the molecule is Cc1cc(C)c2nc(N3CCC[C@H](C(=O)N[C@@H]4CCC[C@@H](C)[C@@H]4C)C3)sc2c1. The maximum Gasteiger partial charge on any atom is 0.225 e. The molecule has 0 unspecified atom stereocenters. The van der Waals surface area contributed by atoms with Crippen LogP contribution in [-0.2, 0) is 4.79 Å². The molecule has 1 aliphatic heterocycles. The Morgan fingerprint density at radius 1 is 1.18 bits per heavy atom. The molecule has 0 spiro atoms. The molecule has 1 aromatic carbocycles. The summed E-state index contributed by atoms with van der Waals surface area (Å²) in [4.78, 5) is 20.3. The van der Waals surface area contributed by atoms with Crippen molar-refractivity contribution >= 4 is 32.6 Å². The molecule has 1 saturated carbocycles. The second-order valence-corrected chi connectivity index (χ2v) is 10.1. The van der Waals surface area contributed by atoms with Crippen LogP contribution in [0.1, 0.15) is 57.1 Å². The molecular formula is C23H33N3OS. The number of hydrogen-bond donors (Lipinski definition) is 1. The number of fused-ring (bicyclic) bond motifs is 1. The standard InChI is InChI=1S/C23H33N3OS/c1-14-11-16(3)21-20(12-14)28-23(25-21)26-10-6-8-18(13-26)22(27)24-19-9-5-7-15(2)17(19)4/h11-12,15,17-19H,5-10,13H2,1-4H3,(H,24,27)/t15-,17+,18+,19-/m1/s1. The third-order valence-corrected chi connectivity index (χ3v) is 7.98. The molecule has 1 aliphatic carbocycles. The van der Waals surface area contributed by atoms with E-state index in [1.807, 2.05) is 0 Å². The minimum absolute atomic E-state index is 0.0769. The fraction of sp³-hybridized carbons (Fsp3) is 0.652. The lowest BCUT2D eigenvalue weighted by molar-refractivity contribution is -0.126. The number of carbonyl (C=O) groups excluding carboxylic acids is 1. The summed E-state index contributed by atoms with van der Waals surface area (Å²) in [5, 5.41) is 4.47. The van der Waals surface area contributed by atoms with Gasteiger partial charge in [0.2, 0.25) is 5.91 Å². The largest absolute Gasteiger partial charge is 0.353 e. The summed E-state index contributed by atoms with van der Waals surface area (Å²) < 4.78 is 1.25. The first-order valence-corrected chi connectivity index (χ1v) is 11.7. The second-order valence-electron chi connectivity index (χ2n) is 9.09. The van der Waals surface area contributed by atoms with E-state index >= 15 is 0 Å². The van der Waals surface area contributed by atoms with Gasteiger partial charge in [-0.1, -0.05) is 44.1 Å². The number of thiazole rings is 1. The van der Waals surface area contributed by atoms with Crippen LogP contribution in [0.15, 0.2) is 12.1 Å². The molecule has 4 nitrogen and oxygen atoms in total. The van der Waals surface area contributed by atoms with Gasteiger partial charge in [0.1, 0.15) is 0 Å². The number of aryl methyl sites for hydroxylation is 2. The second kappa shape index (κ2) is 8.02. The molecule has 0 radical (unpaired) electrons. The van der Waals surface area contributed by atoms with Crippen molar-refractivity contribution in [2.24, 2.45) is 17.8 Å². The van der Waals surface area contributed by atoms with Crippen LogP contribution in [0.5, 0.6) is 0 Å². The highest BCUT2D eigenvalue weighted by molar-refractivity contribution is 7.22. The molecule has 1 aromatic heterocycles. The molecule has 1 amide bonds. The lowest BCUT2D eigenvalue weighted by Gasteiger charge is -2.37. The Kier molecular flexibility index (Phi) is 5.64. The van der Waals surface area contributed by atoms with Crippen molar-refractivity contribution < 1.29 is 4.79 Å². The van der Waals surface area contributed by atoms with Crippen LogP contribution in [0.2, 0.25) is 0 Å². The van der Waals surface area contributed by atoms with Crippen LogP contribution in [0.4, 0.5) is 5.13 Å². The minimum atomic E-state index is 0.0769. The maximum atomic E-state index is 13.0. The quantitative estimate of drug-likeness (QED) is 0.784. The predicted octanol–water partition coefficient (Wildman–Crippen LogP) is 5.07. The van der Waals surface area contributed by atoms with Crippen LogP contribution < -0.4 is 10.2 Å². The van der Waals surface area contributed by atoms with Crippen LogP contribution in [0, 0.1) is 31.6 Å². The van der Waals surface area contributed by atoms with Crippen molar-refractivity contribution in [3.63, 3.8) is 0 Å². The Balaban J connectivity index is 1.45. The third kappa shape index (κ3) is 3.91. The molecule has 152 valence electrons. The zero-order chi connectivity index (χ0) is 19.8. The van der Waals surface area contributed by atoms with Gasteiger partial charge in [-0.05, 0) is 62.1 Å². The first-order valence-electron chi connectivity index (χ1n) is 10.9. The number of nitrogens with one attached hydrogen (secondary N) is 1.